The second kappa shape index (κ2) is 6.52. The topological polar surface area (TPSA) is 45.6 Å². The number of hydrogen-bond donors (Lipinski definition) is 1. The minimum Gasteiger partial charge on any atom is -0.395 e. The van der Waals surface area contributed by atoms with Gasteiger partial charge in [0, 0.05) is 24.6 Å². The molecule has 1 aromatic rings. The highest BCUT2D eigenvalue weighted by Crippen LogP contribution is 2.31. The number of hydrogen-bond acceptors (Lipinski definition) is 5. The Kier molecular flexibility index (Phi) is 5.18. The molecule has 114 valence electrons. The van der Waals surface area contributed by atoms with Gasteiger partial charge in [0.05, 0.1) is 12.3 Å². The molecule has 4 nitrogen and oxygen atoms in total. The average Bonchev–Trinajstić information content (AvgIpc) is 2.96. The van der Waals surface area contributed by atoms with Crippen molar-refractivity contribution in [2.75, 3.05) is 20.3 Å². The van der Waals surface area contributed by atoms with E-state index in [1.165, 1.54) is 0 Å². The lowest BCUT2D eigenvalue weighted by Crippen LogP contribution is -2.44. The third-order valence-electron chi connectivity index (χ3n) is 3.89. The maximum Gasteiger partial charge on any atom is 0.122 e. The SMILES string of the molecule is CN(Cc1csc(C2CCCO2)n1)C(CO)C(C)(C)C. The molecule has 0 saturated carbocycles. The van der Waals surface area contributed by atoms with Crippen molar-refractivity contribution in [3.8, 4) is 0 Å². The third kappa shape index (κ3) is 3.79. The summed E-state index contributed by atoms with van der Waals surface area (Å²) >= 11 is 1.69. The summed E-state index contributed by atoms with van der Waals surface area (Å²) in [4.78, 5) is 6.89. The molecule has 0 radical (unpaired) electrons. The summed E-state index contributed by atoms with van der Waals surface area (Å²) < 4.78 is 5.67. The van der Waals surface area contributed by atoms with Crippen molar-refractivity contribution < 1.29 is 9.84 Å². The van der Waals surface area contributed by atoms with Crippen LogP contribution in [0.4, 0.5) is 0 Å². The molecule has 1 N–H and O–H groups in total. The van der Waals surface area contributed by atoms with Gasteiger partial charge in [-0.2, -0.15) is 0 Å². The summed E-state index contributed by atoms with van der Waals surface area (Å²) in [5, 5.41) is 12.8. The van der Waals surface area contributed by atoms with Gasteiger partial charge in [0.1, 0.15) is 11.1 Å². The number of nitrogens with zero attached hydrogens (tertiary/aromatic N) is 2. The molecule has 0 aromatic carbocycles. The van der Waals surface area contributed by atoms with E-state index >= 15 is 0 Å². The zero-order valence-corrected chi connectivity index (χ0v) is 13.7. The Morgan fingerprint density at radius 3 is 2.85 bits per heavy atom. The summed E-state index contributed by atoms with van der Waals surface area (Å²) in [5.74, 6) is 0. The Morgan fingerprint density at radius 1 is 1.55 bits per heavy atom. The van der Waals surface area contributed by atoms with E-state index in [4.69, 9.17) is 9.72 Å². The maximum atomic E-state index is 9.61. The van der Waals surface area contributed by atoms with Crippen molar-refractivity contribution in [3.05, 3.63) is 16.1 Å². The molecule has 0 spiro atoms. The molecule has 1 saturated heterocycles. The zero-order valence-electron chi connectivity index (χ0n) is 12.9. The molecule has 0 amide bonds. The van der Waals surface area contributed by atoms with Crippen molar-refractivity contribution in [2.45, 2.75) is 52.3 Å². The molecule has 5 heteroatoms. The number of thiazole rings is 1. The van der Waals surface area contributed by atoms with E-state index < -0.39 is 0 Å². The predicted molar refractivity (Wildman–Crippen MR) is 81.8 cm³/mol. The first-order chi connectivity index (χ1) is 9.41. The Balaban J connectivity index is 1.98. The highest BCUT2D eigenvalue weighted by molar-refractivity contribution is 7.09. The van der Waals surface area contributed by atoms with E-state index in [0.29, 0.717) is 0 Å². The van der Waals surface area contributed by atoms with Crippen molar-refractivity contribution in [1.29, 1.82) is 0 Å². The van der Waals surface area contributed by atoms with Gasteiger partial charge < -0.3 is 9.84 Å². The lowest BCUT2D eigenvalue weighted by molar-refractivity contribution is 0.0605. The van der Waals surface area contributed by atoms with Gasteiger partial charge in [0.25, 0.3) is 0 Å². The largest absolute Gasteiger partial charge is 0.395 e. The van der Waals surface area contributed by atoms with Crippen LogP contribution < -0.4 is 0 Å². The number of aliphatic hydroxyl groups is 1. The fourth-order valence-corrected chi connectivity index (χ4v) is 3.65. The Morgan fingerprint density at radius 2 is 2.30 bits per heavy atom. The summed E-state index contributed by atoms with van der Waals surface area (Å²) in [6.45, 7) is 8.26. The van der Waals surface area contributed by atoms with Crippen molar-refractivity contribution in [1.82, 2.24) is 9.88 Å². The van der Waals surface area contributed by atoms with Gasteiger partial charge in [-0.3, -0.25) is 4.90 Å². The second-order valence-corrected chi connectivity index (χ2v) is 7.55. The first-order valence-electron chi connectivity index (χ1n) is 7.29. The molecular formula is C15H26N2O2S. The molecule has 2 unspecified atom stereocenters. The standard InChI is InChI=1S/C15H26N2O2S/c1-15(2,3)13(9-18)17(4)8-11-10-20-14(16-11)12-6-5-7-19-12/h10,12-13,18H,5-9H2,1-4H3. The predicted octanol–water partition coefficient (Wildman–Crippen LogP) is 2.83. The van der Waals surface area contributed by atoms with Gasteiger partial charge >= 0.3 is 0 Å². The van der Waals surface area contributed by atoms with Crippen LogP contribution in [0.25, 0.3) is 0 Å². The third-order valence-corrected chi connectivity index (χ3v) is 4.88. The van der Waals surface area contributed by atoms with Crippen LogP contribution in [-0.2, 0) is 11.3 Å². The summed E-state index contributed by atoms with van der Waals surface area (Å²) in [7, 11) is 2.05. The molecule has 1 aliphatic heterocycles. The van der Waals surface area contributed by atoms with Gasteiger partial charge in [-0.25, -0.2) is 4.98 Å². The minimum absolute atomic E-state index is 0.0525. The van der Waals surface area contributed by atoms with E-state index in [1.54, 1.807) is 11.3 Å². The normalized spacial score (nSPS) is 21.6. The fraction of sp³-hybridized carbons (Fsp3) is 0.800. The molecule has 2 rings (SSSR count). The number of ether oxygens (including phenoxy) is 1. The molecule has 2 heterocycles. The summed E-state index contributed by atoms with van der Waals surface area (Å²) in [6.07, 6.45) is 2.43. The zero-order chi connectivity index (χ0) is 14.8. The lowest BCUT2D eigenvalue weighted by Gasteiger charge is -2.36. The van der Waals surface area contributed by atoms with E-state index in [-0.39, 0.29) is 24.2 Å². The lowest BCUT2D eigenvalue weighted by atomic mass is 9.86. The number of rotatable bonds is 5. The van der Waals surface area contributed by atoms with Gasteiger partial charge in [0.2, 0.25) is 0 Å². The number of aliphatic hydroxyl groups excluding tert-OH is 1. The fourth-order valence-electron chi connectivity index (χ4n) is 2.76. The van der Waals surface area contributed by atoms with Crippen LogP contribution >= 0.6 is 11.3 Å². The second-order valence-electron chi connectivity index (χ2n) is 6.66. The molecule has 20 heavy (non-hydrogen) atoms. The molecule has 1 aromatic heterocycles. The van der Waals surface area contributed by atoms with Crippen molar-refractivity contribution in [2.24, 2.45) is 5.41 Å². The first kappa shape index (κ1) is 15.9. The van der Waals surface area contributed by atoms with Crippen LogP contribution in [0, 0.1) is 5.41 Å². The number of likely N-dealkylation sites (N-methyl/N-ethyl adjacent to an activating group) is 1. The van der Waals surface area contributed by atoms with Crippen LogP contribution in [0.2, 0.25) is 0 Å². The molecule has 0 bridgehead atoms. The van der Waals surface area contributed by atoms with E-state index in [9.17, 15) is 5.11 Å². The Bertz CT molecular complexity index is 422. The monoisotopic (exact) mass is 298 g/mol. The van der Waals surface area contributed by atoms with Crippen LogP contribution in [-0.4, -0.2) is 41.3 Å². The minimum atomic E-state index is 0.0525. The van der Waals surface area contributed by atoms with Crippen LogP contribution in [0.3, 0.4) is 0 Å². The molecular weight excluding hydrogens is 272 g/mol. The van der Waals surface area contributed by atoms with Crippen molar-refractivity contribution >= 4 is 11.3 Å². The van der Waals surface area contributed by atoms with Crippen molar-refractivity contribution in [3.63, 3.8) is 0 Å². The molecule has 1 aliphatic rings. The van der Waals surface area contributed by atoms with Gasteiger partial charge in [-0.1, -0.05) is 20.8 Å². The van der Waals surface area contributed by atoms with Gasteiger partial charge in [-0.05, 0) is 25.3 Å². The van der Waals surface area contributed by atoms with E-state index in [2.05, 4.69) is 38.1 Å². The Hall–Kier alpha value is -0.490. The highest BCUT2D eigenvalue weighted by Gasteiger charge is 2.28. The van der Waals surface area contributed by atoms with Crippen LogP contribution in [0.5, 0.6) is 0 Å². The summed E-state index contributed by atoms with van der Waals surface area (Å²) in [5.41, 5.74) is 1.13. The van der Waals surface area contributed by atoms with Gasteiger partial charge in [0.15, 0.2) is 0 Å². The maximum absolute atomic E-state index is 9.61. The number of aromatic nitrogens is 1. The van der Waals surface area contributed by atoms with E-state index in [0.717, 1.165) is 36.7 Å². The van der Waals surface area contributed by atoms with Crippen LogP contribution in [0.15, 0.2) is 5.38 Å². The average molecular weight is 298 g/mol. The summed E-state index contributed by atoms with van der Waals surface area (Å²) in [6, 6.07) is 0.135. The smallest absolute Gasteiger partial charge is 0.122 e. The highest BCUT2D eigenvalue weighted by atomic mass is 32.1. The Labute approximate surface area is 125 Å². The molecule has 2 atom stereocenters. The van der Waals surface area contributed by atoms with Crippen LogP contribution in [0.1, 0.15) is 50.4 Å². The molecule has 0 aliphatic carbocycles. The quantitative estimate of drug-likeness (QED) is 0.908. The molecule has 1 fully saturated rings. The first-order valence-corrected chi connectivity index (χ1v) is 8.17. The van der Waals surface area contributed by atoms with E-state index in [1.807, 2.05) is 0 Å². The van der Waals surface area contributed by atoms with Gasteiger partial charge in [-0.15, -0.1) is 11.3 Å².